The Morgan fingerprint density at radius 2 is 1.80 bits per heavy atom. The van der Waals surface area contributed by atoms with E-state index < -0.39 is 10.0 Å². The van der Waals surface area contributed by atoms with Crippen LogP contribution >= 0.6 is 11.8 Å². The Kier molecular flexibility index (Phi) is 5.76. The minimum atomic E-state index is -3.77. The molecule has 0 unspecified atom stereocenters. The van der Waals surface area contributed by atoms with E-state index in [2.05, 4.69) is 9.97 Å². The summed E-state index contributed by atoms with van der Waals surface area (Å²) in [6, 6.07) is 15.7. The number of aromatic amines is 1. The van der Waals surface area contributed by atoms with Crippen molar-refractivity contribution in [3.05, 3.63) is 54.1 Å². The monoisotopic (exact) mass is 441 g/mol. The Bertz CT molecular complexity index is 1190. The maximum atomic E-state index is 12.9. The lowest BCUT2D eigenvalue weighted by Gasteiger charge is -2.34. The predicted octanol–water partition coefficient (Wildman–Crippen LogP) is 2.06. The first-order valence-corrected chi connectivity index (χ1v) is 11.8. The van der Waals surface area contributed by atoms with Crippen LogP contribution in [0.15, 0.2) is 58.6 Å². The predicted molar refractivity (Wildman–Crippen MR) is 113 cm³/mol. The summed E-state index contributed by atoms with van der Waals surface area (Å²) in [4.78, 5) is 21.9. The molecule has 1 fully saturated rings. The lowest BCUT2D eigenvalue weighted by Crippen LogP contribution is -2.51. The third-order valence-electron chi connectivity index (χ3n) is 4.92. The molecular weight excluding hydrogens is 422 g/mol. The number of benzene rings is 2. The average molecular weight is 442 g/mol. The Labute approximate surface area is 178 Å². The molecule has 1 saturated heterocycles. The number of nitrogens with one attached hydrogen (secondary N) is 1. The number of hydrogen-bond acceptors (Lipinski definition) is 6. The highest BCUT2D eigenvalue weighted by molar-refractivity contribution is 7.99. The molecule has 154 valence electrons. The van der Waals surface area contributed by atoms with Crippen LogP contribution in [0.1, 0.15) is 5.56 Å². The Balaban J connectivity index is 1.35. The van der Waals surface area contributed by atoms with Gasteiger partial charge in [0.25, 0.3) is 0 Å². The number of carbonyl (C=O) groups excluding carboxylic acids is 1. The molecule has 1 amide bonds. The van der Waals surface area contributed by atoms with Gasteiger partial charge in [-0.25, -0.2) is 13.4 Å². The smallest absolute Gasteiger partial charge is 0.244 e. The second-order valence-electron chi connectivity index (χ2n) is 6.74. The van der Waals surface area contributed by atoms with Crippen molar-refractivity contribution in [3.63, 3.8) is 0 Å². The average Bonchev–Trinajstić information content (AvgIpc) is 3.20. The Hall–Kier alpha value is -2.87. The first-order chi connectivity index (χ1) is 14.5. The van der Waals surface area contributed by atoms with Gasteiger partial charge in [0.2, 0.25) is 15.9 Å². The van der Waals surface area contributed by atoms with Crippen molar-refractivity contribution >= 4 is 38.7 Å². The third kappa shape index (κ3) is 4.05. The number of carbonyl (C=O) groups is 1. The number of H-pyrrole nitrogens is 1. The first-order valence-electron chi connectivity index (χ1n) is 9.33. The number of para-hydroxylation sites is 2. The zero-order valence-corrected chi connectivity index (χ0v) is 17.6. The van der Waals surface area contributed by atoms with Crippen molar-refractivity contribution in [2.45, 2.75) is 10.1 Å². The van der Waals surface area contributed by atoms with Crippen molar-refractivity contribution in [1.82, 2.24) is 19.2 Å². The molecule has 2 aromatic carbocycles. The van der Waals surface area contributed by atoms with Gasteiger partial charge in [-0.1, -0.05) is 36.0 Å². The summed E-state index contributed by atoms with van der Waals surface area (Å²) >= 11 is 1.33. The number of imidazole rings is 1. The molecule has 8 nitrogen and oxygen atoms in total. The highest BCUT2D eigenvalue weighted by Crippen LogP contribution is 2.22. The Morgan fingerprint density at radius 3 is 2.53 bits per heavy atom. The van der Waals surface area contributed by atoms with Crippen molar-refractivity contribution < 1.29 is 13.2 Å². The molecule has 0 spiro atoms. The standard InChI is InChI=1S/C20H19N5O3S2/c21-13-15-5-1-4-8-18(15)30(27,28)25-11-9-24(10-12-25)19(26)14-29-20-22-16-6-2-3-7-17(16)23-20/h1-8H,9-12,14H2,(H,22,23). The SMILES string of the molecule is N#Cc1ccccc1S(=O)(=O)N1CCN(C(=O)CSc2nc3ccccc3[nH]2)CC1. The normalized spacial score (nSPS) is 15.2. The minimum Gasteiger partial charge on any atom is -0.339 e. The van der Waals surface area contributed by atoms with Gasteiger partial charge in [-0.05, 0) is 24.3 Å². The first kappa shape index (κ1) is 20.4. The fraction of sp³-hybridized carbons (Fsp3) is 0.250. The summed E-state index contributed by atoms with van der Waals surface area (Å²) in [5.74, 6) is 0.166. The molecule has 1 aromatic heterocycles. The molecule has 2 heterocycles. The van der Waals surface area contributed by atoms with Gasteiger partial charge in [-0.15, -0.1) is 0 Å². The van der Waals surface area contributed by atoms with E-state index in [1.807, 2.05) is 30.3 Å². The quantitative estimate of drug-likeness (QED) is 0.607. The number of thioether (sulfide) groups is 1. The minimum absolute atomic E-state index is 0.00715. The number of aromatic nitrogens is 2. The maximum Gasteiger partial charge on any atom is 0.244 e. The largest absolute Gasteiger partial charge is 0.339 e. The fourth-order valence-corrected chi connectivity index (χ4v) is 5.67. The molecular formula is C20H19N5O3S2. The van der Waals surface area contributed by atoms with E-state index in [1.165, 1.54) is 28.2 Å². The topological polar surface area (TPSA) is 110 Å². The summed E-state index contributed by atoms with van der Waals surface area (Å²) in [6.07, 6.45) is 0. The van der Waals surface area contributed by atoms with Gasteiger partial charge in [-0.2, -0.15) is 9.57 Å². The number of nitriles is 1. The van der Waals surface area contributed by atoms with Crippen LogP contribution in [0.5, 0.6) is 0 Å². The summed E-state index contributed by atoms with van der Waals surface area (Å²) in [5.41, 5.74) is 1.89. The number of amides is 1. The molecule has 10 heteroatoms. The molecule has 0 saturated carbocycles. The van der Waals surface area contributed by atoms with Gasteiger partial charge >= 0.3 is 0 Å². The lowest BCUT2D eigenvalue weighted by atomic mass is 10.2. The van der Waals surface area contributed by atoms with Crippen LogP contribution < -0.4 is 0 Å². The van der Waals surface area contributed by atoms with Gasteiger partial charge in [0.05, 0.1) is 27.2 Å². The van der Waals surface area contributed by atoms with E-state index in [-0.39, 0.29) is 35.2 Å². The summed E-state index contributed by atoms with van der Waals surface area (Å²) in [6.45, 7) is 1.02. The number of fused-ring (bicyclic) bond motifs is 1. The second-order valence-corrected chi connectivity index (χ2v) is 9.61. The van der Waals surface area contributed by atoms with E-state index >= 15 is 0 Å². The number of piperazine rings is 1. The molecule has 0 aliphatic carbocycles. The van der Waals surface area contributed by atoms with Crippen LogP contribution in [-0.4, -0.2) is 65.4 Å². The molecule has 0 radical (unpaired) electrons. The van der Waals surface area contributed by atoms with Gasteiger partial charge in [-0.3, -0.25) is 4.79 Å². The van der Waals surface area contributed by atoms with Crippen molar-refractivity contribution in [2.75, 3.05) is 31.9 Å². The Morgan fingerprint density at radius 1 is 1.10 bits per heavy atom. The highest BCUT2D eigenvalue weighted by atomic mass is 32.2. The van der Waals surface area contributed by atoms with Crippen LogP contribution in [0.2, 0.25) is 0 Å². The maximum absolute atomic E-state index is 12.9. The van der Waals surface area contributed by atoms with Gasteiger partial charge < -0.3 is 9.88 Å². The van der Waals surface area contributed by atoms with Crippen molar-refractivity contribution in [3.8, 4) is 6.07 Å². The van der Waals surface area contributed by atoms with Crippen LogP contribution in [0.3, 0.4) is 0 Å². The molecule has 4 rings (SSSR count). The van der Waals surface area contributed by atoms with E-state index in [1.54, 1.807) is 17.0 Å². The van der Waals surface area contributed by atoms with E-state index in [9.17, 15) is 18.5 Å². The molecule has 3 aromatic rings. The second kappa shape index (κ2) is 8.47. The van der Waals surface area contributed by atoms with Crippen molar-refractivity contribution in [2.24, 2.45) is 0 Å². The van der Waals surface area contributed by atoms with Crippen molar-refractivity contribution in [1.29, 1.82) is 5.26 Å². The van der Waals surface area contributed by atoms with Gasteiger partial charge in [0, 0.05) is 26.2 Å². The molecule has 0 bridgehead atoms. The molecule has 1 aliphatic rings. The zero-order chi connectivity index (χ0) is 21.1. The fourth-order valence-electron chi connectivity index (χ4n) is 3.32. The molecule has 1 N–H and O–H groups in total. The number of nitrogens with zero attached hydrogens (tertiary/aromatic N) is 4. The number of sulfonamides is 1. The molecule has 30 heavy (non-hydrogen) atoms. The van der Waals surface area contributed by atoms with Gasteiger partial charge in [0.1, 0.15) is 6.07 Å². The molecule has 1 aliphatic heterocycles. The lowest BCUT2D eigenvalue weighted by molar-refractivity contribution is -0.129. The summed E-state index contributed by atoms with van der Waals surface area (Å²) in [7, 11) is -3.77. The van der Waals surface area contributed by atoms with E-state index in [0.717, 1.165) is 11.0 Å². The summed E-state index contributed by atoms with van der Waals surface area (Å²) < 4.78 is 27.1. The van der Waals surface area contributed by atoms with E-state index in [0.29, 0.717) is 18.2 Å². The molecule has 0 atom stereocenters. The van der Waals surface area contributed by atoms with Crippen LogP contribution in [0.25, 0.3) is 11.0 Å². The number of rotatable bonds is 5. The zero-order valence-electron chi connectivity index (χ0n) is 16.0. The van der Waals surface area contributed by atoms with Gasteiger partial charge in [0.15, 0.2) is 5.16 Å². The highest BCUT2D eigenvalue weighted by Gasteiger charge is 2.31. The van der Waals surface area contributed by atoms with Crippen LogP contribution in [-0.2, 0) is 14.8 Å². The summed E-state index contributed by atoms with van der Waals surface area (Å²) in [5, 5.41) is 9.88. The van der Waals surface area contributed by atoms with Crippen LogP contribution in [0.4, 0.5) is 0 Å². The van der Waals surface area contributed by atoms with E-state index in [4.69, 9.17) is 0 Å². The third-order valence-corrected chi connectivity index (χ3v) is 7.73. The number of hydrogen-bond donors (Lipinski definition) is 1. The van der Waals surface area contributed by atoms with Crippen LogP contribution in [0, 0.1) is 11.3 Å².